The lowest BCUT2D eigenvalue weighted by atomic mass is 9.91. The standard InChI is InChI=1S/C29H33N7O3/c1-4-35-22-11-24(12-23(35)17-38-16-22)39-26-15-31-18(2)9-25(26)19-7-8-36-21(10-19)13-28(34-36)33-27-6-5-20(14-32-27)29(37)30-3/h5-10,13-15,22-24H,4,11-12,16-17H2,1-3H3,(H,30,37)(H,32,33,34)/t22-,23+,24?. The van der Waals surface area contributed by atoms with Crippen molar-refractivity contribution < 1.29 is 14.3 Å². The summed E-state index contributed by atoms with van der Waals surface area (Å²) in [5.74, 6) is 1.90. The highest BCUT2D eigenvalue weighted by Crippen LogP contribution is 2.35. The number of hydrogen-bond donors (Lipinski definition) is 2. The third kappa shape index (κ3) is 5.17. The van der Waals surface area contributed by atoms with Crippen LogP contribution < -0.4 is 15.4 Å². The molecule has 2 aliphatic heterocycles. The molecule has 6 heterocycles. The van der Waals surface area contributed by atoms with Crippen LogP contribution in [0.2, 0.25) is 0 Å². The summed E-state index contributed by atoms with van der Waals surface area (Å²) >= 11 is 0. The number of pyridine rings is 3. The lowest BCUT2D eigenvalue weighted by Gasteiger charge is -2.47. The fraction of sp³-hybridized carbons (Fsp3) is 0.379. The van der Waals surface area contributed by atoms with Crippen LogP contribution in [0.3, 0.4) is 0 Å². The first kappa shape index (κ1) is 25.3. The van der Waals surface area contributed by atoms with Crippen molar-refractivity contribution in [3.8, 4) is 16.9 Å². The molecule has 3 atom stereocenters. The maximum absolute atomic E-state index is 11.8. The Kier molecular flexibility index (Phi) is 6.88. The Bertz CT molecular complexity index is 1470. The number of anilines is 2. The smallest absolute Gasteiger partial charge is 0.252 e. The minimum atomic E-state index is -0.174. The van der Waals surface area contributed by atoms with Crippen molar-refractivity contribution in [1.82, 2.24) is 29.8 Å². The number of rotatable bonds is 7. The molecule has 1 amide bonds. The van der Waals surface area contributed by atoms with Gasteiger partial charge in [-0.15, -0.1) is 0 Å². The number of aryl methyl sites for hydroxylation is 1. The monoisotopic (exact) mass is 527 g/mol. The summed E-state index contributed by atoms with van der Waals surface area (Å²) in [7, 11) is 1.59. The number of ether oxygens (including phenoxy) is 2. The first-order valence-electron chi connectivity index (χ1n) is 13.4. The molecule has 2 fully saturated rings. The largest absolute Gasteiger partial charge is 0.488 e. The van der Waals surface area contributed by atoms with E-state index in [-0.39, 0.29) is 12.0 Å². The Balaban J connectivity index is 1.23. The number of fused-ring (bicyclic) bond motifs is 3. The number of amides is 1. The van der Waals surface area contributed by atoms with E-state index in [1.54, 1.807) is 19.2 Å². The van der Waals surface area contributed by atoms with Gasteiger partial charge in [0.05, 0.1) is 30.5 Å². The minimum absolute atomic E-state index is 0.131. The van der Waals surface area contributed by atoms with Gasteiger partial charge in [-0.05, 0) is 49.4 Å². The van der Waals surface area contributed by atoms with Crippen LogP contribution in [0.25, 0.3) is 16.6 Å². The summed E-state index contributed by atoms with van der Waals surface area (Å²) in [6.45, 7) is 6.80. The summed E-state index contributed by atoms with van der Waals surface area (Å²) in [5, 5.41) is 10.4. The molecule has 2 N–H and O–H groups in total. The zero-order valence-electron chi connectivity index (χ0n) is 22.4. The van der Waals surface area contributed by atoms with Crippen molar-refractivity contribution in [2.45, 2.75) is 44.9 Å². The van der Waals surface area contributed by atoms with Crippen molar-refractivity contribution in [3.63, 3.8) is 0 Å². The van der Waals surface area contributed by atoms with E-state index in [1.807, 2.05) is 36.0 Å². The highest BCUT2D eigenvalue weighted by Gasteiger charge is 2.39. The highest BCUT2D eigenvalue weighted by molar-refractivity contribution is 5.93. The maximum atomic E-state index is 11.8. The van der Waals surface area contributed by atoms with Gasteiger partial charge in [-0.3, -0.25) is 14.7 Å². The zero-order valence-corrected chi connectivity index (χ0v) is 22.4. The van der Waals surface area contributed by atoms with Gasteiger partial charge in [0.2, 0.25) is 0 Å². The van der Waals surface area contributed by atoms with Crippen LogP contribution in [0.15, 0.2) is 55.0 Å². The molecule has 202 valence electrons. The summed E-state index contributed by atoms with van der Waals surface area (Å²) in [5.41, 5.74) is 4.43. The molecular formula is C29H33N7O3. The van der Waals surface area contributed by atoms with Crippen molar-refractivity contribution in [3.05, 3.63) is 66.2 Å². The van der Waals surface area contributed by atoms with E-state index in [2.05, 4.69) is 49.7 Å². The number of aromatic nitrogens is 4. The molecule has 1 unspecified atom stereocenters. The van der Waals surface area contributed by atoms with E-state index in [1.165, 1.54) is 6.20 Å². The van der Waals surface area contributed by atoms with Crippen LogP contribution in [-0.4, -0.2) is 75.4 Å². The quantitative estimate of drug-likeness (QED) is 0.374. The third-order valence-electron chi connectivity index (χ3n) is 7.57. The molecule has 2 aliphatic rings. The van der Waals surface area contributed by atoms with Gasteiger partial charge in [-0.2, -0.15) is 5.10 Å². The summed E-state index contributed by atoms with van der Waals surface area (Å²) < 4.78 is 14.3. The minimum Gasteiger partial charge on any atom is -0.488 e. The molecule has 2 saturated heterocycles. The van der Waals surface area contributed by atoms with Gasteiger partial charge >= 0.3 is 0 Å². The second-order valence-electron chi connectivity index (χ2n) is 10.2. The fourth-order valence-corrected chi connectivity index (χ4v) is 5.70. The first-order chi connectivity index (χ1) is 19.0. The number of hydrogen-bond acceptors (Lipinski definition) is 8. The first-order valence-corrected chi connectivity index (χ1v) is 13.4. The van der Waals surface area contributed by atoms with Crippen LogP contribution in [-0.2, 0) is 4.74 Å². The van der Waals surface area contributed by atoms with Crippen molar-refractivity contribution in [2.75, 3.05) is 32.1 Å². The molecule has 0 aliphatic carbocycles. The summed E-state index contributed by atoms with van der Waals surface area (Å²) in [4.78, 5) is 23.2. The Morgan fingerprint density at radius 3 is 2.62 bits per heavy atom. The molecule has 0 spiro atoms. The molecule has 0 radical (unpaired) electrons. The van der Waals surface area contributed by atoms with Crippen LogP contribution >= 0.6 is 0 Å². The number of nitrogens with zero attached hydrogens (tertiary/aromatic N) is 5. The maximum Gasteiger partial charge on any atom is 0.252 e. The van der Waals surface area contributed by atoms with Crippen LogP contribution in [0.4, 0.5) is 11.6 Å². The molecule has 10 heteroatoms. The second kappa shape index (κ2) is 10.6. The van der Waals surface area contributed by atoms with Gasteiger partial charge < -0.3 is 20.1 Å². The van der Waals surface area contributed by atoms with Crippen LogP contribution in [0.1, 0.15) is 35.8 Å². The lowest BCUT2D eigenvalue weighted by molar-refractivity contribution is -0.0973. The van der Waals surface area contributed by atoms with Gasteiger partial charge in [0.1, 0.15) is 17.7 Å². The Hall–Kier alpha value is -4.02. The number of carbonyl (C=O) groups excluding carboxylic acids is 1. The average molecular weight is 528 g/mol. The van der Waals surface area contributed by atoms with Crippen LogP contribution in [0, 0.1) is 6.92 Å². The molecule has 10 nitrogen and oxygen atoms in total. The molecule has 2 bridgehead atoms. The van der Waals surface area contributed by atoms with E-state index in [0.717, 1.165) is 60.7 Å². The van der Waals surface area contributed by atoms with Gasteiger partial charge in [-0.1, -0.05) is 6.92 Å². The second-order valence-corrected chi connectivity index (χ2v) is 10.2. The SMILES string of the molecule is CCN1[C@@H]2COC[C@H]1CC(Oc1cnc(C)cc1-c1ccn3nc(Nc4ccc(C(=O)NC)cn4)cc3c1)C2. The fourth-order valence-electron chi connectivity index (χ4n) is 5.70. The Morgan fingerprint density at radius 2 is 1.90 bits per heavy atom. The van der Waals surface area contributed by atoms with E-state index in [4.69, 9.17) is 9.47 Å². The predicted octanol–water partition coefficient (Wildman–Crippen LogP) is 3.83. The number of likely N-dealkylation sites (N-methyl/N-ethyl adjacent to an activating group) is 1. The average Bonchev–Trinajstić information content (AvgIpc) is 3.35. The zero-order chi connectivity index (χ0) is 26.9. The van der Waals surface area contributed by atoms with Crippen molar-refractivity contribution >= 4 is 23.1 Å². The van der Waals surface area contributed by atoms with Gasteiger partial charge in [0, 0.05) is 61.7 Å². The van der Waals surface area contributed by atoms with E-state index in [0.29, 0.717) is 29.3 Å². The molecular weight excluding hydrogens is 494 g/mol. The number of nitrogens with one attached hydrogen (secondary N) is 2. The van der Waals surface area contributed by atoms with Crippen LogP contribution in [0.5, 0.6) is 5.75 Å². The normalized spacial score (nSPS) is 21.1. The van der Waals surface area contributed by atoms with Crippen molar-refractivity contribution in [2.24, 2.45) is 0 Å². The topological polar surface area (TPSA) is 106 Å². The summed E-state index contributed by atoms with van der Waals surface area (Å²) in [6.07, 6.45) is 7.36. The summed E-state index contributed by atoms with van der Waals surface area (Å²) in [6, 6.07) is 12.5. The lowest BCUT2D eigenvalue weighted by Crippen LogP contribution is -2.58. The molecule has 0 saturated carbocycles. The molecule has 39 heavy (non-hydrogen) atoms. The predicted molar refractivity (Wildman–Crippen MR) is 148 cm³/mol. The molecule has 4 aromatic rings. The van der Waals surface area contributed by atoms with E-state index >= 15 is 0 Å². The van der Waals surface area contributed by atoms with Gasteiger partial charge in [-0.25, -0.2) is 9.50 Å². The Labute approximate surface area is 227 Å². The number of morpholine rings is 1. The third-order valence-corrected chi connectivity index (χ3v) is 7.57. The molecule has 0 aromatic carbocycles. The number of carbonyl (C=O) groups is 1. The highest BCUT2D eigenvalue weighted by atomic mass is 16.5. The number of piperidine rings is 1. The van der Waals surface area contributed by atoms with E-state index < -0.39 is 0 Å². The molecule has 4 aromatic heterocycles. The van der Waals surface area contributed by atoms with E-state index in [9.17, 15) is 4.79 Å². The molecule has 6 rings (SSSR count). The Morgan fingerprint density at radius 1 is 1.08 bits per heavy atom. The van der Waals surface area contributed by atoms with Gasteiger partial charge in [0.15, 0.2) is 5.82 Å². The van der Waals surface area contributed by atoms with Gasteiger partial charge in [0.25, 0.3) is 5.91 Å². The van der Waals surface area contributed by atoms with Crippen molar-refractivity contribution in [1.29, 1.82) is 0 Å².